The lowest BCUT2D eigenvalue weighted by molar-refractivity contribution is 0.0525. The van der Waals surface area contributed by atoms with Crippen LogP contribution in [0.3, 0.4) is 0 Å². The van der Waals surface area contributed by atoms with Gasteiger partial charge in [-0.25, -0.2) is 4.79 Å². The monoisotopic (exact) mass is 397 g/mol. The van der Waals surface area contributed by atoms with Crippen LogP contribution in [0.25, 0.3) is 0 Å². The molecule has 0 fully saturated rings. The first-order valence-electron chi connectivity index (χ1n) is 10.4. The number of esters is 1. The first-order chi connectivity index (χ1) is 14.0. The number of nitrogen functional groups attached to an aromatic ring is 1. The normalized spacial score (nSPS) is 10.7. The van der Waals surface area contributed by atoms with E-state index in [1.165, 1.54) is 0 Å². The third kappa shape index (κ3) is 5.17. The van der Waals surface area contributed by atoms with Crippen LogP contribution < -0.4 is 5.73 Å². The molecule has 29 heavy (non-hydrogen) atoms. The molecule has 0 bridgehead atoms. The van der Waals surface area contributed by atoms with Crippen LogP contribution in [0.1, 0.15) is 83.9 Å². The van der Waals surface area contributed by atoms with Crippen molar-refractivity contribution in [2.75, 3.05) is 12.3 Å². The van der Waals surface area contributed by atoms with E-state index in [0.29, 0.717) is 29.5 Å². The fraction of sp³-hybridized carbons (Fsp3) is 0.417. The van der Waals surface area contributed by atoms with Crippen molar-refractivity contribution in [1.29, 1.82) is 0 Å². The minimum atomic E-state index is -0.425. The second-order valence-corrected chi connectivity index (χ2v) is 7.08. The topological polar surface area (TPSA) is 89.6 Å². The maximum Gasteiger partial charge on any atom is 0.338 e. The number of phenolic OH excluding ortho intramolecular Hbond substituents is 1. The third-order valence-electron chi connectivity index (χ3n) is 5.09. The summed E-state index contributed by atoms with van der Waals surface area (Å²) in [6.07, 6.45) is 5.33. The number of ether oxygens (including phenoxy) is 1. The summed E-state index contributed by atoms with van der Waals surface area (Å²) in [4.78, 5) is 26.1. The van der Waals surface area contributed by atoms with E-state index in [1.807, 2.05) is 6.92 Å². The number of aryl methyl sites for hydroxylation is 1. The summed E-state index contributed by atoms with van der Waals surface area (Å²) in [6, 6.07) is 8.31. The lowest BCUT2D eigenvalue weighted by atomic mass is 9.86. The third-order valence-corrected chi connectivity index (χ3v) is 5.09. The number of hydrogen-bond acceptors (Lipinski definition) is 5. The number of ketones is 1. The van der Waals surface area contributed by atoms with Crippen LogP contribution in [0.2, 0.25) is 0 Å². The van der Waals surface area contributed by atoms with Crippen molar-refractivity contribution in [3.63, 3.8) is 0 Å². The number of rotatable bonds is 10. The van der Waals surface area contributed by atoms with Gasteiger partial charge in [-0.05, 0) is 55.5 Å². The second-order valence-electron chi connectivity index (χ2n) is 7.08. The summed E-state index contributed by atoms with van der Waals surface area (Å²) in [6.45, 7) is 6.13. The highest BCUT2D eigenvalue weighted by molar-refractivity contribution is 6.14. The Kier molecular flexibility index (Phi) is 8.25. The molecule has 156 valence electrons. The molecule has 0 saturated carbocycles. The van der Waals surface area contributed by atoms with Gasteiger partial charge in [-0.3, -0.25) is 4.79 Å². The molecular formula is C24H31NO4. The Labute approximate surface area is 172 Å². The molecule has 0 atom stereocenters. The molecule has 3 N–H and O–H groups in total. The molecule has 5 heteroatoms. The number of hydrogen-bond donors (Lipinski definition) is 2. The average molecular weight is 398 g/mol. The predicted octanol–water partition coefficient (Wildman–Crippen LogP) is 5.07. The van der Waals surface area contributed by atoms with Crippen LogP contribution in [0.5, 0.6) is 5.75 Å². The molecule has 0 unspecified atom stereocenters. The number of nitrogens with two attached hydrogens (primary N) is 1. The minimum Gasteiger partial charge on any atom is -0.505 e. The van der Waals surface area contributed by atoms with Gasteiger partial charge in [0.2, 0.25) is 0 Å². The lowest BCUT2D eigenvalue weighted by Gasteiger charge is -2.18. The molecule has 2 aromatic carbocycles. The Balaban J connectivity index is 2.62. The van der Waals surface area contributed by atoms with Gasteiger partial charge in [0.15, 0.2) is 5.78 Å². The summed E-state index contributed by atoms with van der Waals surface area (Å²) in [5.74, 6) is -0.965. The van der Waals surface area contributed by atoms with Crippen LogP contribution in [0, 0.1) is 0 Å². The van der Waals surface area contributed by atoms with Gasteiger partial charge in [0, 0.05) is 5.56 Å². The van der Waals surface area contributed by atoms with Gasteiger partial charge >= 0.3 is 5.97 Å². The molecule has 0 heterocycles. The molecule has 0 aliphatic carbocycles. The van der Waals surface area contributed by atoms with Crippen molar-refractivity contribution in [2.24, 2.45) is 0 Å². The van der Waals surface area contributed by atoms with E-state index in [9.17, 15) is 14.7 Å². The quantitative estimate of drug-likeness (QED) is 0.192. The Morgan fingerprint density at radius 2 is 1.76 bits per heavy atom. The van der Waals surface area contributed by atoms with E-state index in [0.717, 1.165) is 31.2 Å². The van der Waals surface area contributed by atoms with Gasteiger partial charge in [-0.15, -0.1) is 0 Å². The molecule has 0 spiro atoms. The smallest absolute Gasteiger partial charge is 0.338 e. The van der Waals surface area contributed by atoms with Gasteiger partial charge in [-0.2, -0.15) is 0 Å². The molecule has 0 aromatic heterocycles. The molecule has 5 nitrogen and oxygen atoms in total. The Morgan fingerprint density at radius 1 is 1.00 bits per heavy atom. The summed E-state index contributed by atoms with van der Waals surface area (Å²) in [7, 11) is 0. The molecule has 0 amide bonds. The van der Waals surface area contributed by atoms with Crippen molar-refractivity contribution >= 4 is 17.4 Å². The maximum absolute atomic E-state index is 13.5. The SMILES string of the molecule is CCCCCCc1c(C(=O)OCC)ccc(CC)c1C(=O)c1cccc(N)c1O. The Bertz CT molecular complexity index is 873. The van der Waals surface area contributed by atoms with Crippen LogP contribution in [-0.2, 0) is 17.6 Å². The second kappa shape index (κ2) is 10.6. The van der Waals surface area contributed by atoms with Gasteiger partial charge < -0.3 is 15.6 Å². The fourth-order valence-electron chi connectivity index (χ4n) is 3.54. The van der Waals surface area contributed by atoms with E-state index < -0.39 is 5.97 Å². The van der Waals surface area contributed by atoms with Gasteiger partial charge in [0.1, 0.15) is 5.75 Å². The van der Waals surface area contributed by atoms with Gasteiger partial charge in [-0.1, -0.05) is 45.2 Å². The summed E-state index contributed by atoms with van der Waals surface area (Å²) in [5, 5.41) is 10.4. The molecular weight excluding hydrogens is 366 g/mol. The number of carbonyl (C=O) groups excluding carboxylic acids is 2. The van der Waals surface area contributed by atoms with Crippen molar-refractivity contribution in [2.45, 2.75) is 59.3 Å². The predicted molar refractivity (Wildman–Crippen MR) is 116 cm³/mol. The van der Waals surface area contributed by atoms with E-state index in [2.05, 4.69) is 6.92 Å². The standard InChI is InChI=1S/C24H31NO4/c1-4-7-8-9-11-17-18(24(28)29-6-3)15-14-16(5-2)21(17)23(27)19-12-10-13-20(25)22(19)26/h10,12-15,26H,4-9,11,25H2,1-3H3. The number of carbonyl (C=O) groups is 2. The molecule has 2 aromatic rings. The highest BCUT2D eigenvalue weighted by atomic mass is 16.5. The number of anilines is 1. The highest BCUT2D eigenvalue weighted by Gasteiger charge is 2.25. The molecule has 2 rings (SSSR count). The largest absolute Gasteiger partial charge is 0.505 e. The zero-order valence-electron chi connectivity index (χ0n) is 17.6. The molecule has 0 radical (unpaired) electrons. The summed E-state index contributed by atoms with van der Waals surface area (Å²) < 4.78 is 5.23. The average Bonchev–Trinajstić information content (AvgIpc) is 2.72. The van der Waals surface area contributed by atoms with Crippen molar-refractivity contribution in [3.8, 4) is 5.75 Å². The van der Waals surface area contributed by atoms with Gasteiger partial charge in [0.25, 0.3) is 0 Å². The van der Waals surface area contributed by atoms with Crippen molar-refractivity contribution in [3.05, 3.63) is 58.1 Å². The highest BCUT2D eigenvalue weighted by Crippen LogP contribution is 2.31. The minimum absolute atomic E-state index is 0.149. The maximum atomic E-state index is 13.5. The number of aromatic hydroxyl groups is 1. The zero-order chi connectivity index (χ0) is 21.4. The molecule has 0 aliphatic heterocycles. The number of para-hydroxylation sites is 1. The number of benzene rings is 2. The first kappa shape index (κ1) is 22.5. The molecule has 0 saturated heterocycles. The summed E-state index contributed by atoms with van der Waals surface area (Å²) in [5.41, 5.74) is 8.55. The lowest BCUT2D eigenvalue weighted by Crippen LogP contribution is -2.16. The summed E-state index contributed by atoms with van der Waals surface area (Å²) >= 11 is 0. The number of unbranched alkanes of at least 4 members (excludes halogenated alkanes) is 3. The molecule has 0 aliphatic rings. The van der Waals surface area contributed by atoms with Crippen LogP contribution in [0.4, 0.5) is 5.69 Å². The van der Waals surface area contributed by atoms with Crippen LogP contribution >= 0.6 is 0 Å². The first-order valence-corrected chi connectivity index (χ1v) is 10.4. The zero-order valence-corrected chi connectivity index (χ0v) is 17.6. The Morgan fingerprint density at radius 3 is 2.41 bits per heavy atom. The van der Waals surface area contributed by atoms with E-state index >= 15 is 0 Å². The van der Waals surface area contributed by atoms with Gasteiger partial charge in [0.05, 0.1) is 23.4 Å². The van der Waals surface area contributed by atoms with Crippen LogP contribution in [0.15, 0.2) is 30.3 Å². The van der Waals surface area contributed by atoms with Crippen molar-refractivity contribution < 1.29 is 19.4 Å². The van der Waals surface area contributed by atoms with E-state index in [4.69, 9.17) is 10.5 Å². The fourth-order valence-corrected chi connectivity index (χ4v) is 3.54. The van der Waals surface area contributed by atoms with Crippen molar-refractivity contribution in [1.82, 2.24) is 0 Å². The number of phenols is 1. The van der Waals surface area contributed by atoms with E-state index in [1.54, 1.807) is 37.3 Å². The van der Waals surface area contributed by atoms with E-state index in [-0.39, 0.29) is 29.4 Å². The Hall–Kier alpha value is -2.82. The van der Waals surface area contributed by atoms with Crippen LogP contribution in [-0.4, -0.2) is 23.5 Å².